The first-order valence-electron chi connectivity index (χ1n) is 7.60. The fourth-order valence-electron chi connectivity index (χ4n) is 2.46. The van der Waals surface area contributed by atoms with Gasteiger partial charge in [0, 0.05) is 25.6 Å². The molecule has 0 aromatic heterocycles. The summed E-state index contributed by atoms with van der Waals surface area (Å²) in [5.74, 6) is -0.809. The molecule has 1 aliphatic rings. The molecule has 0 aromatic carbocycles. The number of carboxylic acid groups (broad SMARTS) is 1. The minimum absolute atomic E-state index is 0.0385. The van der Waals surface area contributed by atoms with Gasteiger partial charge in [-0.1, -0.05) is 6.08 Å². The van der Waals surface area contributed by atoms with Gasteiger partial charge < -0.3 is 20.1 Å². The van der Waals surface area contributed by atoms with Crippen molar-refractivity contribution in [2.45, 2.75) is 44.6 Å². The normalized spacial score (nSPS) is 18.3. The highest BCUT2D eigenvalue weighted by Gasteiger charge is 2.26. The van der Waals surface area contributed by atoms with Crippen LogP contribution >= 0.6 is 0 Å². The van der Waals surface area contributed by atoms with Crippen molar-refractivity contribution >= 4 is 12.0 Å². The molecule has 1 atom stereocenters. The number of likely N-dealkylation sites (tertiary alicyclic amines) is 1. The number of nitrogens with zero attached hydrogens (tertiary/aromatic N) is 1. The minimum Gasteiger partial charge on any atom is -0.481 e. The zero-order valence-electron chi connectivity index (χ0n) is 12.6. The molecule has 2 N–H and O–H groups in total. The molecule has 1 saturated heterocycles. The average Bonchev–Trinajstić information content (AvgIpc) is 2.48. The first kappa shape index (κ1) is 17.5. The molecule has 1 fully saturated rings. The molecule has 1 rings (SSSR count). The number of carbonyl (C=O) groups excluding carboxylic acids is 1. The van der Waals surface area contributed by atoms with E-state index in [1.165, 1.54) is 0 Å². The third-order valence-electron chi connectivity index (χ3n) is 3.57. The molecule has 0 bridgehead atoms. The number of carboxylic acids is 1. The molecular weight excluding hydrogens is 272 g/mol. The summed E-state index contributed by atoms with van der Waals surface area (Å²) in [5, 5.41) is 11.6. The van der Waals surface area contributed by atoms with E-state index in [0.717, 1.165) is 25.7 Å². The number of piperidine rings is 1. The Labute approximate surface area is 126 Å². The smallest absolute Gasteiger partial charge is 0.317 e. The fraction of sp³-hybridized carbons (Fsp3) is 0.733. The van der Waals surface area contributed by atoms with Gasteiger partial charge in [-0.3, -0.25) is 4.79 Å². The molecule has 0 spiro atoms. The Hall–Kier alpha value is -1.56. The first-order valence-corrected chi connectivity index (χ1v) is 7.60. The zero-order valence-corrected chi connectivity index (χ0v) is 12.6. The van der Waals surface area contributed by atoms with E-state index in [2.05, 4.69) is 11.9 Å². The highest BCUT2D eigenvalue weighted by atomic mass is 16.5. The third-order valence-corrected chi connectivity index (χ3v) is 3.57. The minimum atomic E-state index is -0.809. The molecular formula is C15H26N2O4. The van der Waals surface area contributed by atoms with Crippen molar-refractivity contribution in [3.05, 3.63) is 12.7 Å². The number of nitrogens with one attached hydrogen (secondary N) is 1. The Bertz CT molecular complexity index is 347. The van der Waals surface area contributed by atoms with Crippen LogP contribution in [-0.4, -0.2) is 54.4 Å². The topological polar surface area (TPSA) is 78.9 Å². The number of hydrogen-bond donors (Lipinski definition) is 2. The summed E-state index contributed by atoms with van der Waals surface area (Å²) in [5.41, 5.74) is 0. The predicted octanol–water partition coefficient (Wildman–Crippen LogP) is 2.01. The maximum absolute atomic E-state index is 12.1. The van der Waals surface area contributed by atoms with E-state index in [1.54, 1.807) is 11.0 Å². The van der Waals surface area contributed by atoms with Gasteiger partial charge in [-0.25, -0.2) is 4.79 Å². The van der Waals surface area contributed by atoms with Crippen molar-refractivity contribution in [3.63, 3.8) is 0 Å². The summed E-state index contributed by atoms with van der Waals surface area (Å²) >= 11 is 0. The van der Waals surface area contributed by atoms with Crippen molar-refractivity contribution in [1.82, 2.24) is 10.2 Å². The van der Waals surface area contributed by atoms with E-state index in [0.29, 0.717) is 32.7 Å². The predicted molar refractivity (Wildman–Crippen MR) is 80.2 cm³/mol. The Morgan fingerprint density at radius 2 is 2.19 bits per heavy atom. The van der Waals surface area contributed by atoms with Gasteiger partial charge in [-0.15, -0.1) is 6.58 Å². The van der Waals surface area contributed by atoms with E-state index in [-0.39, 0.29) is 18.5 Å². The van der Waals surface area contributed by atoms with Gasteiger partial charge >= 0.3 is 12.0 Å². The van der Waals surface area contributed by atoms with Gasteiger partial charge in [-0.05, 0) is 32.1 Å². The number of aliphatic carboxylic acids is 1. The standard InChI is InChI=1S/C15H26N2O4/c1-2-3-11-21-12-9-16-15(20)17-10-5-4-6-13(17)7-8-14(18)19/h2,13H,1,3-12H2,(H,16,20)(H,18,19). The number of ether oxygens (including phenoxy) is 1. The summed E-state index contributed by atoms with van der Waals surface area (Å²) in [6.07, 6.45) is 6.15. The largest absolute Gasteiger partial charge is 0.481 e. The summed E-state index contributed by atoms with van der Waals surface area (Å²) in [6.45, 7) is 5.87. The number of rotatable bonds is 9. The highest BCUT2D eigenvalue weighted by molar-refractivity contribution is 5.74. The Morgan fingerprint density at radius 1 is 1.38 bits per heavy atom. The van der Waals surface area contributed by atoms with E-state index >= 15 is 0 Å². The van der Waals surface area contributed by atoms with Crippen molar-refractivity contribution < 1.29 is 19.4 Å². The lowest BCUT2D eigenvalue weighted by Gasteiger charge is -2.35. The maximum atomic E-state index is 12.1. The molecule has 2 amide bonds. The molecule has 0 aromatic rings. The first-order chi connectivity index (χ1) is 10.1. The average molecular weight is 298 g/mol. The van der Waals surface area contributed by atoms with Crippen LogP contribution in [0.5, 0.6) is 0 Å². The summed E-state index contributed by atoms with van der Waals surface area (Å²) in [6, 6.07) is -0.0751. The lowest BCUT2D eigenvalue weighted by molar-refractivity contribution is -0.137. The van der Waals surface area contributed by atoms with Crippen LogP contribution in [0.15, 0.2) is 12.7 Å². The Morgan fingerprint density at radius 3 is 2.90 bits per heavy atom. The Balaban J connectivity index is 2.28. The van der Waals surface area contributed by atoms with Crippen LogP contribution in [0.25, 0.3) is 0 Å². The lowest BCUT2D eigenvalue weighted by Crippen LogP contribution is -2.49. The van der Waals surface area contributed by atoms with Crippen molar-refractivity contribution in [1.29, 1.82) is 0 Å². The molecule has 6 nitrogen and oxygen atoms in total. The molecule has 21 heavy (non-hydrogen) atoms. The maximum Gasteiger partial charge on any atom is 0.317 e. The number of urea groups is 1. The van der Waals surface area contributed by atoms with Crippen molar-refractivity contribution in [2.24, 2.45) is 0 Å². The lowest BCUT2D eigenvalue weighted by atomic mass is 9.98. The third kappa shape index (κ3) is 7.13. The van der Waals surface area contributed by atoms with Crippen LogP contribution in [0.4, 0.5) is 4.79 Å². The molecule has 1 aliphatic heterocycles. The molecule has 0 radical (unpaired) electrons. The van der Waals surface area contributed by atoms with E-state index in [4.69, 9.17) is 9.84 Å². The van der Waals surface area contributed by atoms with E-state index < -0.39 is 5.97 Å². The van der Waals surface area contributed by atoms with Crippen molar-refractivity contribution in [2.75, 3.05) is 26.3 Å². The summed E-state index contributed by atoms with van der Waals surface area (Å²) in [4.78, 5) is 24.6. The van der Waals surface area contributed by atoms with E-state index in [9.17, 15) is 9.59 Å². The molecule has 120 valence electrons. The second-order valence-corrected chi connectivity index (χ2v) is 5.20. The van der Waals surface area contributed by atoms with Crippen LogP contribution in [0.3, 0.4) is 0 Å². The van der Waals surface area contributed by atoms with Crippen molar-refractivity contribution in [3.8, 4) is 0 Å². The van der Waals surface area contributed by atoms with Crippen LogP contribution in [-0.2, 0) is 9.53 Å². The Kier molecular flexibility index (Phi) is 8.50. The van der Waals surface area contributed by atoms with Crippen LogP contribution < -0.4 is 5.32 Å². The second kappa shape index (κ2) is 10.2. The molecule has 1 unspecified atom stereocenters. The van der Waals surface area contributed by atoms with Gasteiger partial charge in [0.1, 0.15) is 0 Å². The second-order valence-electron chi connectivity index (χ2n) is 5.20. The zero-order chi connectivity index (χ0) is 15.5. The summed E-state index contributed by atoms with van der Waals surface area (Å²) in [7, 11) is 0. The SMILES string of the molecule is C=CCCOCCNC(=O)N1CCCCC1CCC(=O)O. The monoisotopic (exact) mass is 298 g/mol. The van der Waals surface area contributed by atoms with E-state index in [1.807, 2.05) is 0 Å². The fourth-order valence-corrected chi connectivity index (χ4v) is 2.46. The highest BCUT2D eigenvalue weighted by Crippen LogP contribution is 2.20. The molecule has 1 heterocycles. The molecule has 0 aliphatic carbocycles. The van der Waals surface area contributed by atoms with Crippen LogP contribution in [0, 0.1) is 0 Å². The van der Waals surface area contributed by atoms with Gasteiger partial charge in [0.2, 0.25) is 0 Å². The van der Waals surface area contributed by atoms with Crippen LogP contribution in [0.2, 0.25) is 0 Å². The number of amides is 2. The van der Waals surface area contributed by atoms with Gasteiger partial charge in [0.05, 0.1) is 13.2 Å². The quantitative estimate of drug-likeness (QED) is 0.504. The number of hydrogen-bond acceptors (Lipinski definition) is 3. The van der Waals surface area contributed by atoms with Gasteiger partial charge in [-0.2, -0.15) is 0 Å². The molecule has 0 saturated carbocycles. The number of carbonyl (C=O) groups is 2. The van der Waals surface area contributed by atoms with Crippen LogP contribution in [0.1, 0.15) is 38.5 Å². The van der Waals surface area contributed by atoms with Gasteiger partial charge in [0.25, 0.3) is 0 Å². The summed E-state index contributed by atoms with van der Waals surface area (Å²) < 4.78 is 5.34. The van der Waals surface area contributed by atoms with Gasteiger partial charge in [0.15, 0.2) is 0 Å². The molecule has 6 heteroatoms.